The fraction of sp³-hybridized carbons (Fsp3) is 1.00. The Morgan fingerprint density at radius 2 is 1.38 bits per heavy atom. The highest BCUT2D eigenvalue weighted by Crippen LogP contribution is 2.26. The Kier molecular flexibility index (Phi) is 5.84. The lowest BCUT2D eigenvalue weighted by molar-refractivity contribution is 0.125. The summed E-state index contributed by atoms with van der Waals surface area (Å²) in [5.74, 6) is 0. The van der Waals surface area contributed by atoms with Gasteiger partial charge >= 0.3 is 0 Å². The van der Waals surface area contributed by atoms with Crippen molar-refractivity contribution >= 4 is 8.07 Å². The van der Waals surface area contributed by atoms with Crippen molar-refractivity contribution in [3.8, 4) is 0 Å². The maximum atomic E-state index is 10.0. The van der Waals surface area contributed by atoms with Crippen molar-refractivity contribution in [1.82, 2.24) is 0 Å². The van der Waals surface area contributed by atoms with Crippen molar-refractivity contribution in [2.75, 3.05) is 0 Å². The molecule has 0 saturated heterocycles. The molecule has 13 heavy (non-hydrogen) atoms. The first-order valence-corrected chi connectivity index (χ1v) is 8.08. The van der Waals surface area contributed by atoms with Crippen LogP contribution >= 0.6 is 0 Å². The van der Waals surface area contributed by atoms with E-state index < -0.39 is 8.07 Å². The van der Waals surface area contributed by atoms with Crippen LogP contribution in [0.1, 0.15) is 34.1 Å². The van der Waals surface area contributed by atoms with Crippen molar-refractivity contribution < 1.29 is 10.2 Å². The molecular weight excluding hydrogens is 180 g/mol. The topological polar surface area (TPSA) is 40.5 Å². The predicted octanol–water partition coefficient (Wildman–Crippen LogP) is 2.17. The number of rotatable bonds is 6. The SMILES string of the molecule is CC[Si](CC)(CC)C(O)CC(C)O. The summed E-state index contributed by atoms with van der Waals surface area (Å²) in [5, 5.41) is 19.3. The molecule has 0 radical (unpaired) electrons. The van der Waals surface area contributed by atoms with Gasteiger partial charge in [-0.3, -0.25) is 0 Å². The second kappa shape index (κ2) is 5.78. The molecule has 2 atom stereocenters. The molecule has 0 saturated carbocycles. The quantitative estimate of drug-likeness (QED) is 0.651. The number of hydrogen-bond acceptors (Lipinski definition) is 2. The maximum Gasteiger partial charge on any atom is 0.0866 e. The molecular formula is C10H24O2Si. The summed E-state index contributed by atoms with van der Waals surface area (Å²) >= 11 is 0. The number of hydrogen-bond donors (Lipinski definition) is 2. The molecule has 2 N–H and O–H groups in total. The van der Waals surface area contributed by atoms with Gasteiger partial charge in [-0.25, -0.2) is 0 Å². The van der Waals surface area contributed by atoms with Gasteiger partial charge in [-0.2, -0.15) is 0 Å². The molecule has 0 aromatic rings. The van der Waals surface area contributed by atoms with Crippen LogP contribution in [-0.4, -0.2) is 30.1 Å². The smallest absolute Gasteiger partial charge is 0.0866 e. The van der Waals surface area contributed by atoms with Gasteiger partial charge in [-0.1, -0.05) is 38.9 Å². The van der Waals surface area contributed by atoms with Gasteiger partial charge in [-0.05, 0) is 13.3 Å². The highest BCUT2D eigenvalue weighted by Gasteiger charge is 2.35. The van der Waals surface area contributed by atoms with Gasteiger partial charge in [0.2, 0.25) is 0 Å². The van der Waals surface area contributed by atoms with Crippen LogP contribution in [0, 0.1) is 0 Å². The van der Waals surface area contributed by atoms with Gasteiger partial charge < -0.3 is 10.2 Å². The van der Waals surface area contributed by atoms with Gasteiger partial charge in [0.05, 0.1) is 14.2 Å². The molecule has 0 aliphatic carbocycles. The zero-order chi connectivity index (χ0) is 10.5. The van der Waals surface area contributed by atoms with Crippen molar-refractivity contribution in [1.29, 1.82) is 0 Å². The van der Waals surface area contributed by atoms with E-state index in [2.05, 4.69) is 20.8 Å². The third-order valence-corrected chi connectivity index (χ3v) is 9.26. The molecule has 0 amide bonds. The fourth-order valence-corrected chi connectivity index (χ4v) is 5.78. The van der Waals surface area contributed by atoms with Crippen molar-refractivity contribution in [3.63, 3.8) is 0 Å². The summed E-state index contributed by atoms with van der Waals surface area (Å²) in [4.78, 5) is 0. The minimum atomic E-state index is -1.49. The second-order valence-electron chi connectivity index (χ2n) is 4.02. The number of aliphatic hydroxyl groups excluding tert-OH is 2. The first-order valence-electron chi connectivity index (χ1n) is 5.38. The Morgan fingerprint density at radius 1 is 1.00 bits per heavy atom. The molecule has 0 fully saturated rings. The maximum absolute atomic E-state index is 10.0. The van der Waals surface area contributed by atoms with Crippen molar-refractivity contribution in [2.45, 2.75) is 64.1 Å². The van der Waals surface area contributed by atoms with Crippen LogP contribution in [-0.2, 0) is 0 Å². The Labute approximate surface area is 83.0 Å². The zero-order valence-electron chi connectivity index (χ0n) is 9.38. The van der Waals surface area contributed by atoms with E-state index >= 15 is 0 Å². The first-order chi connectivity index (χ1) is 6.02. The molecule has 0 spiro atoms. The van der Waals surface area contributed by atoms with Crippen LogP contribution in [0.4, 0.5) is 0 Å². The zero-order valence-corrected chi connectivity index (χ0v) is 10.4. The fourth-order valence-electron chi connectivity index (χ4n) is 2.03. The van der Waals surface area contributed by atoms with E-state index in [1.165, 1.54) is 0 Å². The lowest BCUT2D eigenvalue weighted by Crippen LogP contribution is -2.47. The summed E-state index contributed by atoms with van der Waals surface area (Å²) in [6.07, 6.45) is 0.188. The molecule has 0 bridgehead atoms. The van der Waals surface area contributed by atoms with Crippen molar-refractivity contribution in [3.05, 3.63) is 0 Å². The summed E-state index contributed by atoms with van der Waals surface area (Å²) in [7, 11) is -1.49. The summed E-state index contributed by atoms with van der Waals surface area (Å²) in [5.41, 5.74) is -0.229. The average molecular weight is 204 g/mol. The predicted molar refractivity (Wildman–Crippen MR) is 59.5 cm³/mol. The van der Waals surface area contributed by atoms with E-state index in [1.807, 2.05) is 0 Å². The Morgan fingerprint density at radius 3 is 1.62 bits per heavy atom. The third kappa shape index (κ3) is 3.41. The Bertz CT molecular complexity index is 125. The molecule has 3 heteroatoms. The summed E-state index contributed by atoms with van der Waals surface area (Å²) in [6.45, 7) is 8.27. The van der Waals surface area contributed by atoms with E-state index in [-0.39, 0.29) is 11.8 Å². The average Bonchev–Trinajstić information content (AvgIpc) is 2.07. The monoisotopic (exact) mass is 204 g/mol. The normalized spacial score (nSPS) is 17.1. The van der Waals surface area contributed by atoms with E-state index in [0.29, 0.717) is 6.42 Å². The highest BCUT2D eigenvalue weighted by atomic mass is 28.3. The van der Waals surface area contributed by atoms with Gasteiger partial charge in [0, 0.05) is 5.73 Å². The molecule has 0 rings (SSSR count). The summed E-state index contributed by atoms with van der Waals surface area (Å²) in [6, 6.07) is 3.36. The van der Waals surface area contributed by atoms with Gasteiger partial charge in [0.25, 0.3) is 0 Å². The molecule has 0 aromatic carbocycles. The van der Waals surface area contributed by atoms with E-state index in [9.17, 15) is 10.2 Å². The lowest BCUT2D eigenvalue weighted by Gasteiger charge is -2.34. The van der Waals surface area contributed by atoms with Gasteiger partial charge in [0.1, 0.15) is 0 Å². The minimum Gasteiger partial charge on any atom is -0.396 e. The largest absolute Gasteiger partial charge is 0.396 e. The van der Waals surface area contributed by atoms with E-state index in [0.717, 1.165) is 18.1 Å². The van der Waals surface area contributed by atoms with Crippen LogP contribution in [0.5, 0.6) is 0 Å². The minimum absolute atomic E-state index is 0.229. The van der Waals surface area contributed by atoms with Crippen molar-refractivity contribution in [2.24, 2.45) is 0 Å². The Balaban J connectivity index is 4.34. The number of aliphatic hydroxyl groups is 2. The third-order valence-electron chi connectivity index (χ3n) is 3.38. The first kappa shape index (κ1) is 13.1. The summed E-state index contributed by atoms with van der Waals surface area (Å²) < 4.78 is 0. The van der Waals surface area contributed by atoms with Gasteiger partial charge in [0.15, 0.2) is 0 Å². The molecule has 80 valence electrons. The van der Waals surface area contributed by atoms with Crippen LogP contribution in [0.3, 0.4) is 0 Å². The highest BCUT2D eigenvalue weighted by molar-refractivity contribution is 6.80. The molecule has 0 aromatic heterocycles. The second-order valence-corrected chi connectivity index (χ2v) is 9.54. The standard InChI is InChI=1S/C10H24O2Si/c1-5-13(6-2,7-3)10(12)8-9(4)11/h9-12H,5-8H2,1-4H3. The van der Waals surface area contributed by atoms with Gasteiger partial charge in [-0.15, -0.1) is 0 Å². The Hall–Kier alpha value is 0.137. The molecule has 0 heterocycles. The molecule has 2 unspecified atom stereocenters. The van der Waals surface area contributed by atoms with Crippen LogP contribution < -0.4 is 0 Å². The van der Waals surface area contributed by atoms with Crippen LogP contribution in [0.2, 0.25) is 18.1 Å². The lowest BCUT2D eigenvalue weighted by atomic mass is 10.3. The van der Waals surface area contributed by atoms with Crippen LogP contribution in [0.15, 0.2) is 0 Å². The molecule has 0 aliphatic heterocycles. The van der Waals surface area contributed by atoms with E-state index in [4.69, 9.17) is 0 Å². The molecule has 2 nitrogen and oxygen atoms in total. The molecule has 0 aliphatic rings. The van der Waals surface area contributed by atoms with Crippen LogP contribution in [0.25, 0.3) is 0 Å². The van der Waals surface area contributed by atoms with E-state index in [1.54, 1.807) is 6.92 Å².